The topological polar surface area (TPSA) is 103 Å². The standard InChI is InChI=1S/C12H14N4O3S/c1-8-15-16-12(19-8)20-7-6-18-10-4-2-9(3-5-10)11(17)14-13/h2-5H,6-7,13H2,1H3,(H,14,17). The largest absolute Gasteiger partial charge is 0.493 e. The minimum absolute atomic E-state index is 0.334. The lowest BCUT2D eigenvalue weighted by Crippen LogP contribution is -2.29. The number of nitrogens with two attached hydrogens (primary N) is 1. The molecule has 0 spiro atoms. The summed E-state index contributed by atoms with van der Waals surface area (Å²) in [5, 5.41) is 8.13. The average molecular weight is 294 g/mol. The van der Waals surface area contributed by atoms with Gasteiger partial charge in [0, 0.05) is 18.2 Å². The normalized spacial score (nSPS) is 10.3. The highest BCUT2D eigenvalue weighted by Crippen LogP contribution is 2.17. The van der Waals surface area contributed by atoms with Crippen LogP contribution in [0.2, 0.25) is 0 Å². The SMILES string of the molecule is Cc1nnc(SCCOc2ccc(C(=O)NN)cc2)o1. The van der Waals surface area contributed by atoms with Gasteiger partial charge in [-0.05, 0) is 24.3 Å². The van der Waals surface area contributed by atoms with E-state index in [2.05, 4.69) is 15.6 Å². The summed E-state index contributed by atoms with van der Waals surface area (Å²) in [6.45, 7) is 2.24. The maximum absolute atomic E-state index is 11.2. The van der Waals surface area contributed by atoms with E-state index >= 15 is 0 Å². The van der Waals surface area contributed by atoms with Gasteiger partial charge in [0.25, 0.3) is 11.1 Å². The highest BCUT2D eigenvalue weighted by molar-refractivity contribution is 7.99. The van der Waals surface area contributed by atoms with Crippen molar-refractivity contribution in [1.29, 1.82) is 0 Å². The van der Waals surface area contributed by atoms with Crippen LogP contribution in [0.4, 0.5) is 0 Å². The average Bonchev–Trinajstić information content (AvgIpc) is 2.89. The molecular formula is C12H14N4O3S. The molecule has 0 fully saturated rings. The van der Waals surface area contributed by atoms with Crippen LogP contribution < -0.4 is 16.0 Å². The van der Waals surface area contributed by atoms with Gasteiger partial charge in [-0.25, -0.2) is 5.84 Å². The molecule has 2 aromatic rings. The number of hydrogen-bond acceptors (Lipinski definition) is 7. The first-order valence-corrected chi connectivity index (χ1v) is 6.84. The van der Waals surface area contributed by atoms with Crippen LogP contribution in [-0.4, -0.2) is 28.5 Å². The minimum atomic E-state index is -0.334. The molecule has 8 heteroatoms. The molecule has 0 unspecified atom stereocenters. The smallest absolute Gasteiger partial charge is 0.276 e. The molecular weight excluding hydrogens is 280 g/mol. The minimum Gasteiger partial charge on any atom is -0.493 e. The van der Waals surface area contributed by atoms with Crippen molar-refractivity contribution < 1.29 is 13.9 Å². The summed E-state index contributed by atoms with van der Waals surface area (Å²) in [4.78, 5) is 11.2. The Morgan fingerprint density at radius 3 is 2.75 bits per heavy atom. The van der Waals surface area contributed by atoms with E-state index in [4.69, 9.17) is 15.0 Å². The second kappa shape index (κ2) is 6.92. The van der Waals surface area contributed by atoms with Gasteiger partial charge in [-0.2, -0.15) is 0 Å². The quantitative estimate of drug-likeness (QED) is 0.271. The van der Waals surface area contributed by atoms with Crippen LogP contribution in [0.1, 0.15) is 16.2 Å². The number of benzene rings is 1. The molecule has 0 atom stereocenters. The van der Waals surface area contributed by atoms with Gasteiger partial charge >= 0.3 is 0 Å². The molecule has 0 aliphatic heterocycles. The Morgan fingerprint density at radius 1 is 1.40 bits per heavy atom. The predicted octanol–water partition coefficient (Wildman–Crippen LogP) is 1.15. The molecule has 20 heavy (non-hydrogen) atoms. The fourth-order valence-corrected chi connectivity index (χ4v) is 2.03. The van der Waals surface area contributed by atoms with Crippen molar-refractivity contribution in [3.63, 3.8) is 0 Å². The molecule has 0 aliphatic rings. The van der Waals surface area contributed by atoms with Gasteiger partial charge < -0.3 is 9.15 Å². The van der Waals surface area contributed by atoms with Gasteiger partial charge in [0.2, 0.25) is 5.89 Å². The zero-order valence-electron chi connectivity index (χ0n) is 10.8. The Morgan fingerprint density at radius 2 is 2.15 bits per heavy atom. The number of carbonyl (C=O) groups is 1. The van der Waals surface area contributed by atoms with Crippen LogP contribution in [0.5, 0.6) is 5.75 Å². The van der Waals surface area contributed by atoms with Crippen molar-refractivity contribution in [2.45, 2.75) is 12.1 Å². The number of thioether (sulfide) groups is 1. The van der Waals surface area contributed by atoms with E-state index in [9.17, 15) is 4.79 Å². The van der Waals surface area contributed by atoms with Crippen molar-refractivity contribution in [3.8, 4) is 5.75 Å². The van der Waals surface area contributed by atoms with Crippen LogP contribution in [0, 0.1) is 6.92 Å². The lowest BCUT2D eigenvalue weighted by Gasteiger charge is -2.05. The molecule has 7 nitrogen and oxygen atoms in total. The lowest BCUT2D eigenvalue weighted by molar-refractivity contribution is 0.0953. The van der Waals surface area contributed by atoms with Crippen molar-refractivity contribution in [2.24, 2.45) is 5.84 Å². The summed E-state index contributed by atoms with van der Waals surface area (Å²) in [5.74, 6) is 6.62. The van der Waals surface area contributed by atoms with Crippen LogP contribution in [0.3, 0.4) is 0 Å². The number of ether oxygens (including phenoxy) is 1. The van der Waals surface area contributed by atoms with E-state index in [1.54, 1.807) is 31.2 Å². The number of hydrazine groups is 1. The molecule has 1 aromatic carbocycles. The number of nitrogens with one attached hydrogen (secondary N) is 1. The number of nitrogens with zero attached hydrogens (tertiary/aromatic N) is 2. The fourth-order valence-electron chi connectivity index (χ4n) is 1.41. The number of aromatic nitrogens is 2. The molecule has 0 saturated heterocycles. The Labute approximate surface area is 119 Å². The Bertz CT molecular complexity index is 570. The van der Waals surface area contributed by atoms with E-state index in [1.165, 1.54) is 11.8 Å². The van der Waals surface area contributed by atoms with Gasteiger partial charge in [0.15, 0.2) is 0 Å². The Hall–Kier alpha value is -2.06. The first kappa shape index (κ1) is 14.4. The third-order valence-corrected chi connectivity index (χ3v) is 3.12. The van der Waals surface area contributed by atoms with Crippen molar-refractivity contribution in [3.05, 3.63) is 35.7 Å². The molecule has 0 saturated carbocycles. The zero-order valence-corrected chi connectivity index (χ0v) is 11.6. The van der Waals surface area contributed by atoms with E-state index in [0.717, 1.165) is 0 Å². The van der Waals surface area contributed by atoms with Crippen LogP contribution >= 0.6 is 11.8 Å². The van der Waals surface area contributed by atoms with Gasteiger partial charge in [0.1, 0.15) is 5.75 Å². The Balaban J connectivity index is 1.75. The second-order valence-electron chi connectivity index (χ2n) is 3.78. The zero-order chi connectivity index (χ0) is 14.4. The molecule has 106 valence electrons. The number of carbonyl (C=O) groups excluding carboxylic acids is 1. The summed E-state index contributed by atoms with van der Waals surface area (Å²) in [5.41, 5.74) is 2.55. The molecule has 0 radical (unpaired) electrons. The van der Waals surface area contributed by atoms with Crippen molar-refractivity contribution >= 4 is 17.7 Å². The summed E-state index contributed by atoms with van der Waals surface area (Å²) in [6, 6.07) is 6.72. The monoisotopic (exact) mass is 294 g/mol. The number of nitrogen functional groups attached to an aromatic ring is 1. The molecule has 1 heterocycles. The molecule has 1 amide bonds. The molecule has 1 aromatic heterocycles. The van der Waals surface area contributed by atoms with Gasteiger partial charge in [-0.1, -0.05) is 11.8 Å². The van der Waals surface area contributed by atoms with Gasteiger partial charge in [-0.3, -0.25) is 10.2 Å². The third-order valence-electron chi connectivity index (χ3n) is 2.33. The highest BCUT2D eigenvalue weighted by Gasteiger charge is 2.04. The van der Waals surface area contributed by atoms with Crippen LogP contribution in [-0.2, 0) is 0 Å². The van der Waals surface area contributed by atoms with E-state index in [-0.39, 0.29) is 5.91 Å². The van der Waals surface area contributed by atoms with E-state index < -0.39 is 0 Å². The number of hydrogen-bond donors (Lipinski definition) is 2. The lowest BCUT2D eigenvalue weighted by atomic mass is 10.2. The molecule has 0 bridgehead atoms. The van der Waals surface area contributed by atoms with Gasteiger partial charge in [-0.15, -0.1) is 10.2 Å². The summed E-state index contributed by atoms with van der Waals surface area (Å²) in [6.07, 6.45) is 0. The van der Waals surface area contributed by atoms with E-state index in [0.29, 0.717) is 34.8 Å². The van der Waals surface area contributed by atoms with Gasteiger partial charge in [0.05, 0.1) is 6.61 Å². The van der Waals surface area contributed by atoms with Crippen LogP contribution in [0.25, 0.3) is 0 Å². The number of amides is 1. The van der Waals surface area contributed by atoms with Crippen LogP contribution in [0.15, 0.2) is 33.9 Å². The summed E-state index contributed by atoms with van der Waals surface area (Å²) < 4.78 is 10.7. The maximum atomic E-state index is 11.2. The maximum Gasteiger partial charge on any atom is 0.276 e. The van der Waals surface area contributed by atoms with Crippen molar-refractivity contribution in [2.75, 3.05) is 12.4 Å². The summed E-state index contributed by atoms with van der Waals surface area (Å²) >= 11 is 1.43. The third kappa shape index (κ3) is 3.97. The first-order valence-electron chi connectivity index (χ1n) is 5.86. The summed E-state index contributed by atoms with van der Waals surface area (Å²) in [7, 11) is 0. The number of aryl methyl sites for hydroxylation is 1. The second-order valence-corrected chi connectivity index (χ2v) is 4.83. The highest BCUT2D eigenvalue weighted by atomic mass is 32.2. The van der Waals surface area contributed by atoms with Crippen molar-refractivity contribution in [1.82, 2.24) is 15.6 Å². The first-order chi connectivity index (χ1) is 9.69. The fraction of sp³-hybridized carbons (Fsp3) is 0.250. The molecule has 0 aliphatic carbocycles. The number of rotatable bonds is 6. The molecule has 3 N–H and O–H groups in total. The molecule has 2 rings (SSSR count). The Kier molecular flexibility index (Phi) is 4.97. The predicted molar refractivity (Wildman–Crippen MR) is 73.3 cm³/mol. The van der Waals surface area contributed by atoms with E-state index in [1.807, 2.05) is 0 Å².